The maximum Gasteiger partial charge on any atom is 0.215 e. The smallest absolute Gasteiger partial charge is 0.215 e. The SMILES string of the molecule is CCC(C)N1CC(OC)S/C1=N/c1ccc(N2CCN(c3ccc(OCC4COC(Cn5ccnc5)(c5ccc(Cl)cc5Cl)O4)cc3)CC2)cc1.CCCCO. The third kappa shape index (κ3) is 10.7. The zero-order valence-corrected chi connectivity index (χ0v) is 35.1. The summed E-state index contributed by atoms with van der Waals surface area (Å²) >= 11 is 14.5. The standard InChI is InChI=1S/C38H44Cl2N6O4S.C4H10O/c1-4-27(2)46-22-36(47-3)51-37(46)42-29-6-8-30(9-7-29)44-17-19-45(20-18-44)31-10-12-32(13-11-31)48-23-33-24-49-38(50-33,25-43-16-15-41-26-43)34-14-5-28(39)21-35(34)40;1-2-3-4-5/h5-16,21,26-27,33,36H,4,17-20,22-25H2,1-3H3;5H,2-4H2,1H3/b42-37+;. The average Bonchev–Trinajstić information content (AvgIpc) is 3.99. The van der Waals surface area contributed by atoms with E-state index in [1.807, 2.05) is 29.0 Å². The Labute approximate surface area is 345 Å². The number of aliphatic hydroxyl groups excluding tert-OH is 1. The summed E-state index contributed by atoms with van der Waals surface area (Å²) in [6.07, 6.45) is 8.14. The van der Waals surface area contributed by atoms with E-state index < -0.39 is 5.79 Å². The normalized spacial score (nSPS) is 22.3. The second-order valence-electron chi connectivity index (χ2n) is 14.1. The summed E-state index contributed by atoms with van der Waals surface area (Å²) in [5, 5.41) is 10.1. The maximum absolute atomic E-state index is 8.07. The molecule has 4 heterocycles. The van der Waals surface area contributed by atoms with Crippen LogP contribution >= 0.6 is 35.0 Å². The minimum Gasteiger partial charge on any atom is -0.491 e. The molecular formula is C42H54Cl2N6O5S. The quantitative estimate of drug-likeness (QED) is 0.134. The van der Waals surface area contributed by atoms with Crippen molar-refractivity contribution in [3.8, 4) is 5.75 Å². The van der Waals surface area contributed by atoms with Gasteiger partial charge in [-0.1, -0.05) is 61.3 Å². The Balaban J connectivity index is 0.00000100. The van der Waals surface area contributed by atoms with E-state index >= 15 is 0 Å². The van der Waals surface area contributed by atoms with E-state index in [-0.39, 0.29) is 11.5 Å². The summed E-state index contributed by atoms with van der Waals surface area (Å²) in [7, 11) is 1.77. The number of rotatable bonds is 14. The molecular weight excluding hydrogens is 771 g/mol. The van der Waals surface area contributed by atoms with Gasteiger partial charge in [-0.2, -0.15) is 0 Å². The summed E-state index contributed by atoms with van der Waals surface area (Å²) < 4.78 is 26.6. The average molecular weight is 826 g/mol. The minimum absolute atomic E-state index is 0.125. The lowest BCUT2D eigenvalue weighted by molar-refractivity contribution is -0.189. The number of unbranched alkanes of at least 4 members (excludes halogenated alkanes) is 1. The van der Waals surface area contributed by atoms with Crippen LogP contribution in [0.15, 0.2) is 90.4 Å². The van der Waals surface area contributed by atoms with Gasteiger partial charge < -0.3 is 43.3 Å². The van der Waals surface area contributed by atoms with Crippen molar-refractivity contribution in [2.75, 3.05) is 69.5 Å². The predicted molar refractivity (Wildman–Crippen MR) is 228 cm³/mol. The third-order valence-electron chi connectivity index (χ3n) is 10.2. The van der Waals surface area contributed by atoms with Gasteiger partial charge >= 0.3 is 0 Å². The van der Waals surface area contributed by atoms with Gasteiger partial charge in [0.05, 0.1) is 36.7 Å². The highest BCUT2D eigenvalue weighted by molar-refractivity contribution is 8.14. The number of thioether (sulfide) groups is 1. The van der Waals surface area contributed by atoms with Crippen LogP contribution in [0.4, 0.5) is 17.1 Å². The Morgan fingerprint density at radius 3 is 2.27 bits per heavy atom. The number of ether oxygens (including phenoxy) is 4. The molecule has 11 nitrogen and oxygen atoms in total. The highest BCUT2D eigenvalue weighted by Crippen LogP contribution is 2.41. The molecule has 14 heteroatoms. The molecule has 3 aliphatic heterocycles. The van der Waals surface area contributed by atoms with Gasteiger partial charge in [-0.15, -0.1) is 0 Å². The summed E-state index contributed by atoms with van der Waals surface area (Å²) in [5.41, 5.74) is 4.22. The van der Waals surface area contributed by atoms with Crippen LogP contribution in [-0.2, 0) is 26.5 Å². The number of nitrogens with zero attached hydrogens (tertiary/aromatic N) is 6. The van der Waals surface area contributed by atoms with Crippen LogP contribution < -0.4 is 14.5 Å². The molecule has 7 rings (SSSR count). The van der Waals surface area contributed by atoms with Crippen molar-refractivity contribution >= 4 is 57.2 Å². The van der Waals surface area contributed by atoms with Crippen molar-refractivity contribution in [2.45, 2.75) is 69.9 Å². The first-order chi connectivity index (χ1) is 27.2. The van der Waals surface area contributed by atoms with Crippen molar-refractivity contribution < 1.29 is 24.1 Å². The fraction of sp³-hybridized carbons (Fsp3) is 0.476. The highest BCUT2D eigenvalue weighted by atomic mass is 35.5. The monoisotopic (exact) mass is 824 g/mol. The molecule has 3 aliphatic rings. The number of hydrogen-bond donors (Lipinski definition) is 1. The molecule has 0 saturated carbocycles. The van der Waals surface area contributed by atoms with E-state index in [0.29, 0.717) is 48.0 Å². The molecule has 1 aromatic heterocycles. The van der Waals surface area contributed by atoms with Gasteiger partial charge in [0.25, 0.3) is 0 Å². The van der Waals surface area contributed by atoms with E-state index in [9.17, 15) is 0 Å². The Kier molecular flexibility index (Phi) is 15.3. The molecule has 0 aliphatic carbocycles. The number of aliphatic imine (C=N–C) groups is 1. The van der Waals surface area contributed by atoms with Gasteiger partial charge in [-0.25, -0.2) is 9.98 Å². The number of amidine groups is 1. The Morgan fingerprint density at radius 1 is 1.00 bits per heavy atom. The Morgan fingerprint density at radius 2 is 1.70 bits per heavy atom. The van der Waals surface area contributed by atoms with Gasteiger partial charge in [-0.3, -0.25) is 0 Å². The van der Waals surface area contributed by atoms with E-state index in [1.54, 1.807) is 43.5 Å². The lowest BCUT2D eigenvalue weighted by Crippen LogP contribution is -2.46. The number of methoxy groups -OCH3 is 1. The zero-order chi connectivity index (χ0) is 39.5. The molecule has 3 aromatic carbocycles. The number of halogens is 2. The molecule has 3 saturated heterocycles. The minimum atomic E-state index is -1.09. The molecule has 0 bridgehead atoms. The second kappa shape index (κ2) is 20.3. The number of hydrogen-bond acceptors (Lipinski definition) is 10. The Bertz CT molecular complexity index is 1830. The topological polar surface area (TPSA) is 97.1 Å². The Hall–Kier alpha value is -3.49. The first-order valence-corrected chi connectivity index (χ1v) is 21.1. The van der Waals surface area contributed by atoms with Crippen molar-refractivity contribution in [3.05, 3.63) is 101 Å². The first-order valence-electron chi connectivity index (χ1n) is 19.5. The van der Waals surface area contributed by atoms with E-state index in [4.69, 9.17) is 52.2 Å². The number of anilines is 2. The number of imidazole rings is 1. The molecule has 4 aromatic rings. The van der Waals surface area contributed by atoms with Crippen LogP contribution in [-0.4, -0.2) is 102 Å². The van der Waals surface area contributed by atoms with Gasteiger partial charge in [0.1, 0.15) is 23.9 Å². The molecule has 0 radical (unpaired) electrons. The van der Waals surface area contributed by atoms with Gasteiger partial charge in [0.2, 0.25) is 5.79 Å². The summed E-state index contributed by atoms with van der Waals surface area (Å²) in [6, 6.07) is 22.7. The second-order valence-corrected chi connectivity index (χ2v) is 16.1. The molecule has 302 valence electrons. The molecule has 3 fully saturated rings. The summed E-state index contributed by atoms with van der Waals surface area (Å²) in [5.74, 6) is -0.307. The van der Waals surface area contributed by atoms with Crippen molar-refractivity contribution in [1.29, 1.82) is 0 Å². The van der Waals surface area contributed by atoms with E-state index in [2.05, 4.69) is 76.9 Å². The molecule has 56 heavy (non-hydrogen) atoms. The lowest BCUT2D eigenvalue weighted by Gasteiger charge is -2.37. The summed E-state index contributed by atoms with van der Waals surface area (Å²) in [4.78, 5) is 16.4. The van der Waals surface area contributed by atoms with Crippen molar-refractivity contribution in [3.63, 3.8) is 0 Å². The maximum atomic E-state index is 8.07. The number of piperazine rings is 1. The number of aliphatic hydroxyl groups is 1. The van der Waals surface area contributed by atoms with Crippen LogP contribution in [0.25, 0.3) is 0 Å². The van der Waals surface area contributed by atoms with Gasteiger partial charge in [-0.05, 0) is 80.4 Å². The first kappa shape index (κ1) is 42.1. The van der Waals surface area contributed by atoms with Crippen molar-refractivity contribution in [2.24, 2.45) is 4.99 Å². The van der Waals surface area contributed by atoms with Crippen LogP contribution in [0.1, 0.15) is 45.6 Å². The van der Waals surface area contributed by atoms with Gasteiger partial charge in [0, 0.05) is 80.3 Å². The van der Waals surface area contributed by atoms with Crippen LogP contribution in [0.2, 0.25) is 10.0 Å². The fourth-order valence-electron chi connectivity index (χ4n) is 6.81. The number of aromatic nitrogens is 2. The zero-order valence-electron chi connectivity index (χ0n) is 32.7. The summed E-state index contributed by atoms with van der Waals surface area (Å²) in [6.45, 7) is 12.6. The molecule has 0 amide bonds. The largest absolute Gasteiger partial charge is 0.491 e. The third-order valence-corrected chi connectivity index (χ3v) is 11.9. The number of benzene rings is 3. The van der Waals surface area contributed by atoms with Gasteiger partial charge in [0.15, 0.2) is 5.17 Å². The van der Waals surface area contributed by atoms with E-state index in [0.717, 1.165) is 68.6 Å². The molecule has 1 N–H and O–H groups in total. The van der Waals surface area contributed by atoms with E-state index in [1.165, 1.54) is 11.4 Å². The van der Waals surface area contributed by atoms with Crippen molar-refractivity contribution in [1.82, 2.24) is 14.5 Å². The predicted octanol–water partition coefficient (Wildman–Crippen LogP) is 8.45. The lowest BCUT2D eigenvalue weighted by atomic mass is 10.1. The highest BCUT2D eigenvalue weighted by Gasteiger charge is 2.45. The molecule has 0 spiro atoms. The van der Waals surface area contributed by atoms with Crippen LogP contribution in [0, 0.1) is 0 Å². The van der Waals surface area contributed by atoms with Crippen LogP contribution in [0.3, 0.4) is 0 Å². The molecule has 4 unspecified atom stereocenters. The fourth-order valence-corrected chi connectivity index (χ4v) is 8.48. The molecule has 4 atom stereocenters. The van der Waals surface area contributed by atoms with Crippen LogP contribution in [0.5, 0.6) is 5.75 Å².